The molecule has 0 saturated heterocycles. The number of carboxylic acids is 1. The zero-order chi connectivity index (χ0) is 11.4. The van der Waals surface area contributed by atoms with Gasteiger partial charge in [0.15, 0.2) is 0 Å². The first-order valence-corrected chi connectivity index (χ1v) is 4.98. The third-order valence-electron chi connectivity index (χ3n) is 2.03. The monoisotopic (exact) mass is 226 g/mol. The lowest BCUT2D eigenvalue weighted by Crippen LogP contribution is -2.26. The van der Waals surface area contributed by atoms with Crippen LogP contribution < -0.4 is 11.5 Å². The minimum Gasteiger partial charge on any atom is -0.481 e. The van der Waals surface area contributed by atoms with Gasteiger partial charge in [-0.05, 0) is 24.1 Å². The van der Waals surface area contributed by atoms with E-state index in [9.17, 15) is 4.79 Å². The van der Waals surface area contributed by atoms with Crippen molar-refractivity contribution in [2.24, 2.45) is 5.73 Å². The lowest BCUT2D eigenvalue weighted by Gasteiger charge is -2.09. The molecular weight excluding hydrogens is 212 g/mol. The van der Waals surface area contributed by atoms with Gasteiger partial charge in [-0.15, -0.1) is 12.6 Å². The molecule has 0 aromatic heterocycles. The topological polar surface area (TPSA) is 89.3 Å². The van der Waals surface area contributed by atoms with Gasteiger partial charge in [0.1, 0.15) is 0 Å². The predicted molar refractivity (Wildman–Crippen MR) is 62.0 cm³/mol. The first-order valence-electron chi connectivity index (χ1n) is 4.53. The summed E-state index contributed by atoms with van der Waals surface area (Å²) in [4.78, 5) is 11.1. The number of nitrogen functional groups attached to an aromatic ring is 1. The van der Waals surface area contributed by atoms with E-state index in [4.69, 9.17) is 16.6 Å². The molecule has 0 aliphatic carbocycles. The lowest BCUT2D eigenvalue weighted by molar-refractivity contribution is -0.137. The number of nitrogens with two attached hydrogens (primary N) is 2. The van der Waals surface area contributed by atoms with E-state index >= 15 is 0 Å². The predicted octanol–water partition coefficient (Wildman–Crippen LogP) is 0.902. The maximum Gasteiger partial charge on any atom is 0.304 e. The molecule has 0 bridgehead atoms. The largest absolute Gasteiger partial charge is 0.481 e. The Kier molecular flexibility index (Phi) is 3.99. The molecule has 4 nitrogen and oxygen atoms in total. The Bertz CT molecular complexity index is 368. The molecule has 5 N–H and O–H groups in total. The van der Waals surface area contributed by atoms with Crippen LogP contribution in [0.3, 0.4) is 0 Å². The molecule has 0 radical (unpaired) electrons. The van der Waals surface area contributed by atoms with Crippen molar-refractivity contribution in [3.63, 3.8) is 0 Å². The van der Waals surface area contributed by atoms with Gasteiger partial charge in [0.25, 0.3) is 0 Å². The van der Waals surface area contributed by atoms with Crippen LogP contribution in [0, 0.1) is 0 Å². The molecule has 0 fully saturated rings. The Morgan fingerprint density at radius 3 is 2.73 bits per heavy atom. The average molecular weight is 226 g/mol. The van der Waals surface area contributed by atoms with Crippen molar-refractivity contribution in [3.8, 4) is 0 Å². The Balaban J connectivity index is 2.64. The smallest absolute Gasteiger partial charge is 0.304 e. The van der Waals surface area contributed by atoms with E-state index in [2.05, 4.69) is 12.6 Å². The summed E-state index contributed by atoms with van der Waals surface area (Å²) in [6.45, 7) is 0. The summed E-state index contributed by atoms with van der Waals surface area (Å²) >= 11 is 4.18. The van der Waals surface area contributed by atoms with Gasteiger partial charge in [-0.25, -0.2) is 0 Å². The molecule has 1 aromatic carbocycles. The normalized spacial score (nSPS) is 12.4. The SMILES string of the molecule is Nc1ccc(CC(N)CC(=O)O)cc1S. The highest BCUT2D eigenvalue weighted by atomic mass is 32.1. The second-order valence-electron chi connectivity index (χ2n) is 3.46. The molecule has 0 aliphatic heterocycles. The van der Waals surface area contributed by atoms with E-state index in [1.807, 2.05) is 6.07 Å². The van der Waals surface area contributed by atoms with Gasteiger partial charge in [-0.1, -0.05) is 6.07 Å². The fourth-order valence-corrected chi connectivity index (χ4v) is 1.56. The van der Waals surface area contributed by atoms with Crippen LogP contribution in [-0.2, 0) is 11.2 Å². The molecule has 0 spiro atoms. The number of aliphatic carboxylic acids is 1. The molecule has 82 valence electrons. The summed E-state index contributed by atoms with van der Waals surface area (Å²) in [5, 5.41) is 8.55. The minimum absolute atomic E-state index is 0.0354. The van der Waals surface area contributed by atoms with Crippen molar-refractivity contribution in [3.05, 3.63) is 23.8 Å². The molecule has 5 heteroatoms. The van der Waals surface area contributed by atoms with Gasteiger partial charge in [0, 0.05) is 16.6 Å². The molecule has 1 rings (SSSR count). The van der Waals surface area contributed by atoms with Gasteiger partial charge < -0.3 is 16.6 Å². The first-order chi connectivity index (χ1) is 6.99. The molecule has 15 heavy (non-hydrogen) atoms. The summed E-state index contributed by atoms with van der Waals surface area (Å²) in [6, 6.07) is 5.00. The van der Waals surface area contributed by atoms with Crippen molar-refractivity contribution in [1.82, 2.24) is 0 Å². The second kappa shape index (κ2) is 5.04. The summed E-state index contributed by atoms with van der Waals surface area (Å²) in [6.07, 6.45) is 0.479. The Hall–Kier alpha value is -1.20. The molecule has 0 heterocycles. The fourth-order valence-electron chi connectivity index (χ4n) is 1.32. The number of benzene rings is 1. The van der Waals surface area contributed by atoms with Crippen LogP contribution >= 0.6 is 12.6 Å². The molecule has 1 aromatic rings. The molecule has 1 atom stereocenters. The zero-order valence-electron chi connectivity index (χ0n) is 8.18. The molecular formula is C10H14N2O2S. The summed E-state index contributed by atoms with van der Waals surface area (Å²) in [5.74, 6) is -0.885. The second-order valence-corrected chi connectivity index (χ2v) is 3.94. The number of hydrogen-bond donors (Lipinski definition) is 4. The van der Waals surface area contributed by atoms with Crippen LogP contribution in [0.1, 0.15) is 12.0 Å². The summed E-state index contributed by atoms with van der Waals surface area (Å²) in [5.41, 5.74) is 12.8. The van der Waals surface area contributed by atoms with Crippen molar-refractivity contribution in [1.29, 1.82) is 0 Å². The van der Waals surface area contributed by atoms with Gasteiger partial charge >= 0.3 is 5.97 Å². The number of hydrogen-bond acceptors (Lipinski definition) is 4. The number of carboxylic acid groups (broad SMARTS) is 1. The fraction of sp³-hybridized carbons (Fsp3) is 0.300. The van der Waals surface area contributed by atoms with Gasteiger partial charge in [-0.3, -0.25) is 4.79 Å². The maximum atomic E-state index is 10.4. The van der Waals surface area contributed by atoms with Gasteiger partial charge in [-0.2, -0.15) is 0 Å². The minimum atomic E-state index is -0.885. The number of carbonyl (C=O) groups is 1. The standard InChI is InChI=1S/C10H14N2O2S/c11-7(5-10(13)14)3-6-1-2-8(12)9(15)4-6/h1-2,4,7,15H,3,5,11-12H2,(H,13,14). The van der Waals surface area contributed by atoms with Gasteiger partial charge in [0.2, 0.25) is 0 Å². The van der Waals surface area contributed by atoms with E-state index in [1.165, 1.54) is 0 Å². The quantitative estimate of drug-likeness (QED) is 0.453. The number of anilines is 1. The third-order valence-corrected chi connectivity index (χ3v) is 2.42. The molecule has 1 unspecified atom stereocenters. The van der Waals surface area contributed by atoms with E-state index < -0.39 is 5.97 Å². The van der Waals surface area contributed by atoms with E-state index in [-0.39, 0.29) is 12.5 Å². The first kappa shape index (κ1) is 11.9. The molecule has 0 saturated carbocycles. The van der Waals surface area contributed by atoms with Crippen LogP contribution in [0.5, 0.6) is 0 Å². The highest BCUT2D eigenvalue weighted by molar-refractivity contribution is 7.80. The molecule has 0 aliphatic rings. The van der Waals surface area contributed by atoms with Crippen LogP contribution in [0.4, 0.5) is 5.69 Å². The van der Waals surface area contributed by atoms with Crippen LogP contribution in [0.15, 0.2) is 23.1 Å². The zero-order valence-corrected chi connectivity index (χ0v) is 9.08. The van der Waals surface area contributed by atoms with Crippen molar-refractivity contribution in [2.45, 2.75) is 23.8 Å². The lowest BCUT2D eigenvalue weighted by atomic mass is 10.0. The van der Waals surface area contributed by atoms with E-state index in [1.54, 1.807) is 12.1 Å². The van der Waals surface area contributed by atoms with E-state index in [0.717, 1.165) is 5.56 Å². The summed E-state index contributed by atoms with van der Waals surface area (Å²) < 4.78 is 0. The molecule has 0 amide bonds. The van der Waals surface area contributed by atoms with E-state index in [0.29, 0.717) is 17.0 Å². The number of thiol groups is 1. The summed E-state index contributed by atoms with van der Waals surface area (Å²) in [7, 11) is 0. The Morgan fingerprint density at radius 1 is 1.53 bits per heavy atom. The number of rotatable bonds is 4. The Morgan fingerprint density at radius 2 is 2.20 bits per heavy atom. The van der Waals surface area contributed by atoms with Crippen molar-refractivity contribution in [2.75, 3.05) is 5.73 Å². The average Bonchev–Trinajstić information content (AvgIpc) is 2.10. The Labute approximate surface area is 93.7 Å². The highest BCUT2D eigenvalue weighted by Crippen LogP contribution is 2.18. The van der Waals surface area contributed by atoms with Crippen LogP contribution in [-0.4, -0.2) is 17.1 Å². The van der Waals surface area contributed by atoms with Crippen LogP contribution in [0.2, 0.25) is 0 Å². The van der Waals surface area contributed by atoms with Crippen molar-refractivity contribution >= 4 is 24.3 Å². The van der Waals surface area contributed by atoms with Crippen LogP contribution in [0.25, 0.3) is 0 Å². The van der Waals surface area contributed by atoms with Crippen molar-refractivity contribution < 1.29 is 9.90 Å². The third kappa shape index (κ3) is 3.81. The van der Waals surface area contributed by atoms with Gasteiger partial charge in [0.05, 0.1) is 6.42 Å². The highest BCUT2D eigenvalue weighted by Gasteiger charge is 2.09. The maximum absolute atomic E-state index is 10.4.